The van der Waals surface area contributed by atoms with Crippen molar-refractivity contribution >= 4 is 15.9 Å². The first-order valence-electron chi connectivity index (χ1n) is 5.41. The molecule has 1 saturated carbocycles. The fraction of sp³-hybridized carbons (Fsp3) is 0.500. The van der Waals surface area contributed by atoms with Gasteiger partial charge in [0.15, 0.2) is 11.6 Å². The summed E-state index contributed by atoms with van der Waals surface area (Å²) in [5.41, 5.74) is 0.430. The van der Waals surface area contributed by atoms with Crippen molar-refractivity contribution in [3.8, 4) is 0 Å². The number of aliphatic hydroxyl groups excluding tert-OH is 1. The summed E-state index contributed by atoms with van der Waals surface area (Å²) >= 11 is 2.98. The highest BCUT2D eigenvalue weighted by atomic mass is 79.9. The molecule has 88 valence electrons. The van der Waals surface area contributed by atoms with Crippen molar-refractivity contribution in [1.82, 2.24) is 0 Å². The van der Waals surface area contributed by atoms with Gasteiger partial charge in [0, 0.05) is 0 Å². The molecule has 4 heteroatoms. The smallest absolute Gasteiger partial charge is 0.173 e. The van der Waals surface area contributed by atoms with Crippen LogP contribution in [0.1, 0.15) is 37.4 Å². The van der Waals surface area contributed by atoms with Crippen molar-refractivity contribution in [3.05, 3.63) is 33.8 Å². The Kier molecular flexibility index (Phi) is 3.60. The summed E-state index contributed by atoms with van der Waals surface area (Å²) in [6.45, 7) is 0. The summed E-state index contributed by atoms with van der Waals surface area (Å²) in [4.78, 5) is 0. The summed E-state index contributed by atoms with van der Waals surface area (Å²) in [7, 11) is 0. The SMILES string of the molecule is OC(CCC1CC1)c1ccc(F)c(F)c1Br. The molecule has 0 radical (unpaired) electrons. The molecule has 0 spiro atoms. The minimum atomic E-state index is -0.928. The van der Waals surface area contributed by atoms with E-state index in [0.717, 1.165) is 18.4 Å². The molecular weight excluding hydrogens is 278 g/mol. The maximum Gasteiger partial charge on any atom is 0.173 e. The molecule has 1 aromatic carbocycles. The second kappa shape index (κ2) is 4.80. The zero-order valence-electron chi connectivity index (χ0n) is 8.72. The van der Waals surface area contributed by atoms with Crippen LogP contribution in [0.5, 0.6) is 0 Å². The van der Waals surface area contributed by atoms with Crippen molar-refractivity contribution in [2.45, 2.75) is 31.8 Å². The molecule has 16 heavy (non-hydrogen) atoms. The van der Waals surface area contributed by atoms with Gasteiger partial charge in [0.1, 0.15) is 0 Å². The Labute approximate surface area is 102 Å². The van der Waals surface area contributed by atoms with E-state index in [4.69, 9.17) is 0 Å². The Morgan fingerprint density at radius 1 is 1.38 bits per heavy atom. The lowest BCUT2D eigenvalue weighted by Gasteiger charge is -2.13. The third kappa shape index (κ3) is 2.61. The first kappa shape index (κ1) is 12.0. The Morgan fingerprint density at radius 2 is 2.06 bits per heavy atom. The van der Waals surface area contributed by atoms with E-state index in [1.54, 1.807) is 0 Å². The van der Waals surface area contributed by atoms with Crippen LogP contribution in [0.2, 0.25) is 0 Å². The third-order valence-electron chi connectivity index (χ3n) is 2.97. The minimum absolute atomic E-state index is 0.0378. The fourth-order valence-corrected chi connectivity index (χ4v) is 2.34. The monoisotopic (exact) mass is 290 g/mol. The maximum absolute atomic E-state index is 13.2. The predicted molar refractivity (Wildman–Crippen MR) is 61.0 cm³/mol. The van der Waals surface area contributed by atoms with E-state index < -0.39 is 17.7 Å². The molecule has 1 N–H and O–H groups in total. The zero-order chi connectivity index (χ0) is 11.7. The molecule has 1 aromatic rings. The Balaban J connectivity index is 2.09. The van der Waals surface area contributed by atoms with Crippen LogP contribution in [0.15, 0.2) is 16.6 Å². The Hall–Kier alpha value is -0.480. The molecule has 2 rings (SSSR count). The third-order valence-corrected chi connectivity index (χ3v) is 3.78. The first-order chi connectivity index (χ1) is 7.59. The molecule has 1 fully saturated rings. The van der Waals surface area contributed by atoms with Gasteiger partial charge >= 0.3 is 0 Å². The molecule has 0 saturated heterocycles. The molecule has 1 atom stereocenters. The average molecular weight is 291 g/mol. The summed E-state index contributed by atoms with van der Waals surface area (Å²) in [6, 6.07) is 2.48. The van der Waals surface area contributed by atoms with Crippen molar-refractivity contribution < 1.29 is 13.9 Å². The summed E-state index contributed by atoms with van der Waals surface area (Å²) in [5.74, 6) is -1.10. The molecule has 0 heterocycles. The fourth-order valence-electron chi connectivity index (χ4n) is 1.75. The highest BCUT2D eigenvalue weighted by Crippen LogP contribution is 2.37. The Bertz CT molecular complexity index is 391. The number of rotatable bonds is 4. The number of aliphatic hydroxyl groups is 1. The maximum atomic E-state index is 13.2. The van der Waals surface area contributed by atoms with E-state index in [1.807, 2.05) is 0 Å². The summed E-state index contributed by atoms with van der Waals surface area (Å²) in [6.07, 6.45) is 3.29. The molecule has 1 aliphatic rings. The van der Waals surface area contributed by atoms with E-state index in [9.17, 15) is 13.9 Å². The van der Waals surface area contributed by atoms with Gasteiger partial charge < -0.3 is 5.11 Å². The molecule has 0 aromatic heterocycles. The highest BCUT2D eigenvalue weighted by Gasteiger charge is 2.23. The zero-order valence-corrected chi connectivity index (χ0v) is 10.3. The van der Waals surface area contributed by atoms with Crippen LogP contribution in [-0.4, -0.2) is 5.11 Å². The number of hydrogen-bond donors (Lipinski definition) is 1. The standard InChI is InChI=1S/C12H13BrF2O/c13-11-8(4-5-9(14)12(11)15)10(16)6-3-7-1-2-7/h4-5,7,10,16H,1-3,6H2. The van der Waals surface area contributed by atoms with Crippen LogP contribution in [0, 0.1) is 17.6 Å². The summed E-state index contributed by atoms with van der Waals surface area (Å²) in [5, 5.41) is 9.87. The molecule has 0 bridgehead atoms. The van der Waals surface area contributed by atoms with Crippen molar-refractivity contribution in [1.29, 1.82) is 0 Å². The number of halogens is 3. The lowest BCUT2D eigenvalue weighted by atomic mass is 10.0. The predicted octanol–water partition coefficient (Wildman–Crippen LogP) is 3.95. The largest absolute Gasteiger partial charge is 0.388 e. The van der Waals surface area contributed by atoms with Gasteiger partial charge in [-0.25, -0.2) is 8.78 Å². The van der Waals surface area contributed by atoms with E-state index in [0.29, 0.717) is 12.0 Å². The number of hydrogen-bond acceptors (Lipinski definition) is 1. The second-order valence-corrected chi connectivity index (χ2v) is 5.09. The first-order valence-corrected chi connectivity index (χ1v) is 6.20. The highest BCUT2D eigenvalue weighted by molar-refractivity contribution is 9.10. The van der Waals surface area contributed by atoms with E-state index >= 15 is 0 Å². The molecule has 0 aliphatic heterocycles. The Morgan fingerprint density at radius 3 is 2.69 bits per heavy atom. The quantitative estimate of drug-likeness (QED) is 0.833. The van der Waals surface area contributed by atoms with E-state index in [-0.39, 0.29) is 4.47 Å². The van der Waals surface area contributed by atoms with Gasteiger partial charge in [0.2, 0.25) is 0 Å². The van der Waals surface area contributed by atoms with Gasteiger partial charge in [-0.15, -0.1) is 0 Å². The van der Waals surface area contributed by atoms with E-state index in [1.165, 1.54) is 18.9 Å². The lowest BCUT2D eigenvalue weighted by molar-refractivity contribution is 0.161. The van der Waals surface area contributed by atoms with Crippen LogP contribution in [0.4, 0.5) is 8.78 Å². The summed E-state index contributed by atoms with van der Waals surface area (Å²) < 4.78 is 26.1. The molecule has 0 amide bonds. The van der Waals surface area contributed by atoms with Crippen molar-refractivity contribution in [2.24, 2.45) is 5.92 Å². The van der Waals surface area contributed by atoms with Crippen LogP contribution < -0.4 is 0 Å². The molecule has 1 aliphatic carbocycles. The average Bonchev–Trinajstić information content (AvgIpc) is 3.07. The van der Waals surface area contributed by atoms with Crippen LogP contribution >= 0.6 is 15.9 Å². The number of benzene rings is 1. The van der Waals surface area contributed by atoms with Crippen molar-refractivity contribution in [2.75, 3.05) is 0 Å². The van der Waals surface area contributed by atoms with Gasteiger partial charge in [-0.3, -0.25) is 0 Å². The normalized spacial score (nSPS) is 17.5. The van der Waals surface area contributed by atoms with Crippen LogP contribution in [-0.2, 0) is 0 Å². The lowest BCUT2D eigenvalue weighted by Crippen LogP contribution is -2.01. The van der Waals surface area contributed by atoms with Gasteiger partial charge in [0.25, 0.3) is 0 Å². The molecular formula is C12H13BrF2O. The van der Waals surface area contributed by atoms with E-state index in [2.05, 4.69) is 15.9 Å². The minimum Gasteiger partial charge on any atom is -0.388 e. The van der Waals surface area contributed by atoms with Crippen molar-refractivity contribution in [3.63, 3.8) is 0 Å². The van der Waals surface area contributed by atoms with Crippen LogP contribution in [0.25, 0.3) is 0 Å². The van der Waals surface area contributed by atoms with Gasteiger partial charge in [0.05, 0.1) is 10.6 Å². The topological polar surface area (TPSA) is 20.2 Å². The van der Waals surface area contributed by atoms with Gasteiger partial charge in [-0.1, -0.05) is 18.9 Å². The molecule has 1 unspecified atom stereocenters. The molecule has 1 nitrogen and oxygen atoms in total. The van der Waals surface area contributed by atoms with Gasteiger partial charge in [-0.2, -0.15) is 0 Å². The second-order valence-electron chi connectivity index (χ2n) is 4.30. The van der Waals surface area contributed by atoms with Crippen LogP contribution in [0.3, 0.4) is 0 Å². The van der Waals surface area contributed by atoms with Gasteiger partial charge in [-0.05, 0) is 46.3 Å².